The Morgan fingerprint density at radius 2 is 1.57 bits per heavy atom. The molecule has 112 valence electrons. The molecule has 0 aromatic heterocycles. The van der Waals surface area contributed by atoms with Gasteiger partial charge in [-0.2, -0.15) is 0 Å². The van der Waals surface area contributed by atoms with Gasteiger partial charge >= 0.3 is 0 Å². The van der Waals surface area contributed by atoms with Crippen LogP contribution in [0.2, 0.25) is 5.02 Å². The Labute approximate surface area is 128 Å². The van der Waals surface area contributed by atoms with Crippen LogP contribution >= 0.6 is 11.6 Å². The molecule has 0 amide bonds. The molecule has 0 aliphatic heterocycles. The van der Waals surface area contributed by atoms with E-state index in [9.17, 15) is 15.0 Å². The van der Waals surface area contributed by atoms with Gasteiger partial charge in [0.05, 0.1) is 10.6 Å². The first-order valence-corrected chi connectivity index (χ1v) is 8.10. The highest BCUT2D eigenvalue weighted by Gasteiger charge is 2.53. The molecule has 1 aromatic carbocycles. The molecule has 4 bridgehead atoms. The second-order valence-corrected chi connectivity index (χ2v) is 7.71. The van der Waals surface area contributed by atoms with E-state index in [1.54, 1.807) is 0 Å². The molecule has 0 heterocycles. The van der Waals surface area contributed by atoms with Crippen molar-refractivity contribution in [3.63, 3.8) is 0 Å². The van der Waals surface area contributed by atoms with Crippen molar-refractivity contribution in [1.29, 1.82) is 0 Å². The molecule has 4 aliphatic carbocycles. The van der Waals surface area contributed by atoms with Crippen molar-refractivity contribution in [2.45, 2.75) is 43.9 Å². The number of hydrogen-bond donors (Lipinski definition) is 2. The summed E-state index contributed by atoms with van der Waals surface area (Å²) >= 11 is 6.40. The van der Waals surface area contributed by atoms with E-state index in [0.717, 1.165) is 37.0 Å². The van der Waals surface area contributed by atoms with Gasteiger partial charge in [-0.05, 0) is 56.3 Å². The van der Waals surface area contributed by atoms with Crippen molar-refractivity contribution in [2.24, 2.45) is 17.8 Å². The van der Waals surface area contributed by atoms with Gasteiger partial charge in [0.25, 0.3) is 0 Å². The highest BCUT2D eigenvalue weighted by Crippen LogP contribution is 2.63. The first kappa shape index (κ1) is 13.4. The number of carbonyl (C=O) groups is 1. The van der Waals surface area contributed by atoms with Crippen LogP contribution in [0.1, 0.15) is 54.4 Å². The van der Waals surface area contributed by atoms with Crippen LogP contribution < -0.4 is 0 Å². The van der Waals surface area contributed by atoms with E-state index in [1.807, 2.05) is 0 Å². The Bertz CT molecular complexity index is 588. The van der Waals surface area contributed by atoms with E-state index in [2.05, 4.69) is 0 Å². The summed E-state index contributed by atoms with van der Waals surface area (Å²) in [6.45, 7) is 0. The molecular formula is C17H19ClO3. The van der Waals surface area contributed by atoms with Crippen molar-refractivity contribution >= 4 is 17.9 Å². The molecule has 4 heteroatoms. The second kappa shape index (κ2) is 4.39. The number of aldehydes is 1. The fraction of sp³-hybridized carbons (Fsp3) is 0.588. The predicted octanol–water partition coefficient (Wildman–Crippen LogP) is 4.03. The van der Waals surface area contributed by atoms with Gasteiger partial charge in [-0.3, -0.25) is 4.79 Å². The number of phenols is 2. The summed E-state index contributed by atoms with van der Waals surface area (Å²) in [5.41, 5.74) is 0.727. The van der Waals surface area contributed by atoms with E-state index in [1.165, 1.54) is 25.3 Å². The average Bonchev–Trinajstić information content (AvgIpc) is 2.36. The first-order valence-electron chi connectivity index (χ1n) is 7.72. The summed E-state index contributed by atoms with van der Waals surface area (Å²) in [6, 6.07) is 1.28. The second-order valence-electron chi connectivity index (χ2n) is 7.33. The van der Waals surface area contributed by atoms with Crippen molar-refractivity contribution < 1.29 is 15.0 Å². The van der Waals surface area contributed by atoms with Crippen LogP contribution in [0.25, 0.3) is 0 Å². The van der Waals surface area contributed by atoms with Crippen LogP contribution in [0.5, 0.6) is 11.5 Å². The van der Waals surface area contributed by atoms with Gasteiger partial charge in [0, 0.05) is 17.0 Å². The van der Waals surface area contributed by atoms with Crippen molar-refractivity contribution in [3.8, 4) is 11.5 Å². The fourth-order valence-electron chi connectivity index (χ4n) is 5.67. The minimum atomic E-state index is -0.235. The van der Waals surface area contributed by atoms with E-state index >= 15 is 0 Å². The minimum absolute atomic E-state index is 0.0463. The summed E-state index contributed by atoms with van der Waals surface area (Å²) < 4.78 is 0. The molecule has 0 saturated heterocycles. The number of rotatable bonds is 2. The van der Waals surface area contributed by atoms with Crippen molar-refractivity contribution in [1.82, 2.24) is 0 Å². The lowest BCUT2D eigenvalue weighted by Gasteiger charge is -2.57. The SMILES string of the molecule is O=Cc1c(O)cc(O)c(C23CC4CC(CC(C4)C2)C3)c1Cl. The molecule has 21 heavy (non-hydrogen) atoms. The number of benzene rings is 1. The number of carbonyl (C=O) groups excluding carboxylic acids is 1. The molecule has 0 atom stereocenters. The molecule has 3 nitrogen and oxygen atoms in total. The third-order valence-corrected chi connectivity index (χ3v) is 6.34. The van der Waals surface area contributed by atoms with Crippen LogP contribution in [0.15, 0.2) is 6.07 Å². The van der Waals surface area contributed by atoms with Gasteiger partial charge in [-0.25, -0.2) is 0 Å². The molecule has 2 N–H and O–H groups in total. The molecule has 0 radical (unpaired) electrons. The summed E-state index contributed by atoms with van der Waals surface area (Å²) in [6.07, 6.45) is 7.64. The first-order chi connectivity index (χ1) is 10.0. The van der Waals surface area contributed by atoms with Crippen molar-refractivity contribution in [2.75, 3.05) is 0 Å². The highest BCUT2D eigenvalue weighted by molar-refractivity contribution is 6.34. The lowest BCUT2D eigenvalue weighted by Crippen LogP contribution is -2.48. The highest BCUT2D eigenvalue weighted by atomic mass is 35.5. The lowest BCUT2D eigenvalue weighted by atomic mass is 9.48. The molecule has 4 saturated carbocycles. The van der Waals surface area contributed by atoms with Gasteiger partial charge in [-0.15, -0.1) is 0 Å². The van der Waals surface area contributed by atoms with Gasteiger partial charge < -0.3 is 10.2 Å². The van der Waals surface area contributed by atoms with E-state index in [4.69, 9.17) is 11.6 Å². The molecule has 0 spiro atoms. The topological polar surface area (TPSA) is 57.5 Å². The summed E-state index contributed by atoms with van der Waals surface area (Å²) in [4.78, 5) is 11.2. The van der Waals surface area contributed by atoms with Gasteiger partial charge in [0.15, 0.2) is 6.29 Å². The van der Waals surface area contributed by atoms with Crippen molar-refractivity contribution in [3.05, 3.63) is 22.2 Å². The maximum atomic E-state index is 11.2. The van der Waals surface area contributed by atoms with Gasteiger partial charge in [0.2, 0.25) is 0 Å². The quantitative estimate of drug-likeness (QED) is 0.811. The zero-order valence-electron chi connectivity index (χ0n) is 11.8. The van der Waals surface area contributed by atoms with Crippen LogP contribution in [-0.2, 0) is 5.41 Å². The maximum absolute atomic E-state index is 11.2. The number of phenolic OH excluding ortho intramolecular Hbond substituents is 2. The summed E-state index contributed by atoms with van der Waals surface area (Å²) in [7, 11) is 0. The molecule has 1 aromatic rings. The lowest BCUT2D eigenvalue weighted by molar-refractivity contribution is -0.00610. The summed E-state index contributed by atoms with van der Waals surface area (Å²) in [5, 5.41) is 20.4. The Morgan fingerprint density at radius 1 is 1.05 bits per heavy atom. The Morgan fingerprint density at radius 3 is 2.05 bits per heavy atom. The Hall–Kier alpha value is -1.22. The van der Waals surface area contributed by atoms with Gasteiger partial charge in [0.1, 0.15) is 11.5 Å². The molecular weight excluding hydrogens is 288 g/mol. The third-order valence-electron chi connectivity index (χ3n) is 5.95. The van der Waals surface area contributed by atoms with Crippen LogP contribution in [-0.4, -0.2) is 16.5 Å². The fourth-order valence-corrected chi connectivity index (χ4v) is 6.11. The van der Waals surface area contributed by atoms with E-state index < -0.39 is 0 Å². The largest absolute Gasteiger partial charge is 0.507 e. The molecule has 5 rings (SSSR count). The van der Waals surface area contributed by atoms with Crippen LogP contribution in [0, 0.1) is 17.8 Å². The number of halogens is 1. The average molecular weight is 307 g/mol. The zero-order chi connectivity index (χ0) is 14.8. The summed E-state index contributed by atoms with van der Waals surface area (Å²) in [5.74, 6) is 1.98. The van der Waals surface area contributed by atoms with Crippen LogP contribution in [0.4, 0.5) is 0 Å². The van der Waals surface area contributed by atoms with E-state index in [-0.39, 0.29) is 27.5 Å². The smallest absolute Gasteiger partial charge is 0.155 e. The zero-order valence-corrected chi connectivity index (χ0v) is 12.6. The predicted molar refractivity (Wildman–Crippen MR) is 80.0 cm³/mol. The Kier molecular flexibility index (Phi) is 2.81. The Balaban J connectivity index is 1.89. The monoisotopic (exact) mass is 306 g/mol. The maximum Gasteiger partial charge on any atom is 0.155 e. The number of aromatic hydroxyl groups is 2. The molecule has 4 aliphatic rings. The standard InChI is InChI=1S/C17H19ClO3/c18-16-12(8-19)13(20)4-14(21)15(16)17-5-9-1-10(6-17)3-11(2-9)7-17/h4,8-11,20-21H,1-3,5-7H2. The molecule has 4 fully saturated rings. The minimum Gasteiger partial charge on any atom is -0.507 e. The van der Waals surface area contributed by atoms with Gasteiger partial charge in [-0.1, -0.05) is 11.6 Å². The molecule has 0 unspecified atom stereocenters. The normalized spacial score (nSPS) is 36.9. The van der Waals surface area contributed by atoms with E-state index in [0.29, 0.717) is 11.8 Å². The number of hydrogen-bond acceptors (Lipinski definition) is 3. The third kappa shape index (κ3) is 1.83. The van der Waals surface area contributed by atoms with Crippen LogP contribution in [0.3, 0.4) is 0 Å².